The Morgan fingerprint density at radius 1 is 1.05 bits per heavy atom. The van der Waals surface area contributed by atoms with Gasteiger partial charge in [0.15, 0.2) is 0 Å². The van der Waals surface area contributed by atoms with Crippen LogP contribution in [0.15, 0.2) is 73.6 Å². The minimum atomic E-state index is -0.433. The predicted molar refractivity (Wildman–Crippen MR) is 171 cm³/mol. The summed E-state index contributed by atoms with van der Waals surface area (Å²) in [5, 5.41) is 9.24. The zero-order valence-electron chi connectivity index (χ0n) is 25.1. The van der Waals surface area contributed by atoms with E-state index in [-0.39, 0.29) is 17.5 Å². The molecule has 0 aliphatic carbocycles. The van der Waals surface area contributed by atoms with Gasteiger partial charge in [-0.25, -0.2) is 14.4 Å². The van der Waals surface area contributed by atoms with E-state index in [4.69, 9.17) is 14.5 Å². The highest BCUT2D eigenvalue weighted by Crippen LogP contribution is 2.40. The molecule has 1 fully saturated rings. The van der Waals surface area contributed by atoms with Crippen LogP contribution in [0, 0.1) is 5.82 Å². The first kappa shape index (κ1) is 30.2. The summed E-state index contributed by atoms with van der Waals surface area (Å²) in [6, 6.07) is 13.9. The molecule has 0 saturated carbocycles. The molecular formula is C32H35FN8O3. The molecule has 11 nitrogen and oxygen atoms in total. The molecule has 1 atom stereocenters. The van der Waals surface area contributed by atoms with Crippen molar-refractivity contribution in [2.75, 3.05) is 62.3 Å². The van der Waals surface area contributed by atoms with Crippen LogP contribution in [0.5, 0.6) is 11.6 Å². The fourth-order valence-corrected chi connectivity index (χ4v) is 4.98. The fraction of sp³-hybridized carbons (Fsp3) is 0.250. The van der Waals surface area contributed by atoms with Crippen molar-refractivity contribution in [2.24, 2.45) is 0 Å². The van der Waals surface area contributed by atoms with Gasteiger partial charge in [-0.1, -0.05) is 18.7 Å². The lowest BCUT2D eigenvalue weighted by atomic mass is 10.1. The van der Waals surface area contributed by atoms with Gasteiger partial charge in [0, 0.05) is 54.8 Å². The number of aromatic nitrogens is 3. The lowest BCUT2D eigenvalue weighted by molar-refractivity contribution is -0.111. The maximum atomic E-state index is 14.7. The number of carbonyl (C=O) groups is 1. The predicted octanol–water partition coefficient (Wildman–Crippen LogP) is 5.45. The standard InChI is InChI=1S/C32H35FN8O3/c1-6-29(42)36-25-15-26(28(43-4)16-27(25)41-14-13-21(19-41)40(2)3)38-32-35-18-22(20-11-12-30(44-5)34-17-20)31(39-32)37-24-10-8-7-9-23(24)33/h6-12,15-18,21H,1,13-14,19H2,2-5H3,(H,36,42)(H2,35,37,38,39)/t21-/m1/s1. The van der Waals surface area contributed by atoms with Gasteiger partial charge in [-0.3, -0.25) is 4.79 Å². The Kier molecular flexibility index (Phi) is 9.20. The summed E-state index contributed by atoms with van der Waals surface area (Å²) in [7, 11) is 7.24. The number of rotatable bonds is 11. The number of nitrogens with one attached hydrogen (secondary N) is 3. The number of hydrogen-bond acceptors (Lipinski definition) is 10. The third-order valence-corrected chi connectivity index (χ3v) is 7.41. The van der Waals surface area contributed by atoms with E-state index in [0.717, 1.165) is 25.2 Å². The number of amides is 1. The first-order valence-electron chi connectivity index (χ1n) is 14.0. The monoisotopic (exact) mass is 598 g/mol. The van der Waals surface area contributed by atoms with Crippen molar-refractivity contribution >= 4 is 40.4 Å². The zero-order chi connectivity index (χ0) is 31.2. The van der Waals surface area contributed by atoms with Crippen molar-refractivity contribution in [3.8, 4) is 22.8 Å². The van der Waals surface area contributed by atoms with Gasteiger partial charge in [0.25, 0.3) is 0 Å². The van der Waals surface area contributed by atoms with E-state index in [1.807, 2.05) is 12.1 Å². The zero-order valence-corrected chi connectivity index (χ0v) is 25.1. The van der Waals surface area contributed by atoms with Crippen LogP contribution in [0.3, 0.4) is 0 Å². The molecule has 1 saturated heterocycles. The van der Waals surface area contributed by atoms with Crippen LogP contribution in [-0.4, -0.2) is 73.2 Å². The molecule has 0 bridgehead atoms. The van der Waals surface area contributed by atoms with Crippen molar-refractivity contribution in [2.45, 2.75) is 12.5 Å². The fourth-order valence-electron chi connectivity index (χ4n) is 4.98. The van der Waals surface area contributed by atoms with E-state index in [1.54, 1.807) is 49.8 Å². The quantitative estimate of drug-likeness (QED) is 0.193. The van der Waals surface area contributed by atoms with Gasteiger partial charge in [0.2, 0.25) is 17.7 Å². The molecule has 0 unspecified atom stereocenters. The Balaban J connectivity index is 1.53. The van der Waals surface area contributed by atoms with Crippen molar-refractivity contribution in [3.05, 3.63) is 79.4 Å². The van der Waals surface area contributed by atoms with E-state index >= 15 is 0 Å². The number of likely N-dealkylation sites (N-methyl/N-ethyl adjacent to an activating group) is 1. The van der Waals surface area contributed by atoms with Crippen LogP contribution < -0.4 is 30.3 Å². The molecule has 1 amide bonds. The Morgan fingerprint density at radius 2 is 1.86 bits per heavy atom. The molecule has 1 aliphatic heterocycles. The molecule has 2 aromatic heterocycles. The lowest BCUT2D eigenvalue weighted by Crippen LogP contribution is -2.31. The molecule has 2 aromatic carbocycles. The summed E-state index contributed by atoms with van der Waals surface area (Å²) in [5.74, 6) is 0.781. The number of nitrogens with zero attached hydrogens (tertiary/aromatic N) is 5. The van der Waals surface area contributed by atoms with Gasteiger partial charge in [0.05, 0.1) is 37.0 Å². The van der Waals surface area contributed by atoms with Crippen LogP contribution in [0.2, 0.25) is 0 Å². The van der Waals surface area contributed by atoms with Gasteiger partial charge in [0.1, 0.15) is 17.4 Å². The van der Waals surface area contributed by atoms with E-state index in [2.05, 4.69) is 56.4 Å². The van der Waals surface area contributed by atoms with Gasteiger partial charge < -0.3 is 35.2 Å². The average Bonchev–Trinajstić information content (AvgIpc) is 3.53. The second-order valence-electron chi connectivity index (χ2n) is 10.4. The molecule has 1 aliphatic rings. The van der Waals surface area contributed by atoms with Crippen LogP contribution in [-0.2, 0) is 4.79 Å². The summed E-state index contributed by atoms with van der Waals surface area (Å²) in [5.41, 5.74) is 3.49. The highest BCUT2D eigenvalue weighted by molar-refractivity contribution is 6.02. The maximum Gasteiger partial charge on any atom is 0.247 e. The Labute approximate surface area is 255 Å². The van der Waals surface area contributed by atoms with Crippen LogP contribution in [0.4, 0.5) is 38.9 Å². The summed E-state index contributed by atoms with van der Waals surface area (Å²) < 4.78 is 25.6. The van der Waals surface area contributed by atoms with Crippen LogP contribution in [0.25, 0.3) is 11.1 Å². The van der Waals surface area contributed by atoms with Gasteiger partial charge in [-0.15, -0.1) is 0 Å². The molecule has 228 valence electrons. The molecule has 3 heterocycles. The Bertz CT molecular complexity index is 1650. The molecule has 12 heteroatoms. The smallest absolute Gasteiger partial charge is 0.247 e. The second-order valence-corrected chi connectivity index (χ2v) is 10.4. The van der Waals surface area contributed by atoms with Gasteiger partial charge >= 0.3 is 0 Å². The summed E-state index contributed by atoms with van der Waals surface area (Å²) >= 11 is 0. The Hall–Kier alpha value is -5.23. The van der Waals surface area contributed by atoms with E-state index in [0.29, 0.717) is 46.0 Å². The maximum absolute atomic E-state index is 14.7. The van der Waals surface area contributed by atoms with Crippen LogP contribution >= 0.6 is 0 Å². The van der Waals surface area contributed by atoms with E-state index in [9.17, 15) is 9.18 Å². The number of benzene rings is 2. The van der Waals surface area contributed by atoms with Crippen molar-refractivity contribution in [1.82, 2.24) is 19.9 Å². The third kappa shape index (κ3) is 6.70. The summed E-state index contributed by atoms with van der Waals surface area (Å²) in [4.78, 5) is 30.4. The van der Waals surface area contributed by atoms with E-state index < -0.39 is 5.82 Å². The summed E-state index contributed by atoms with van der Waals surface area (Å²) in [6.45, 7) is 5.22. The molecule has 0 radical (unpaired) electrons. The van der Waals surface area contributed by atoms with E-state index in [1.165, 1.54) is 19.3 Å². The second kappa shape index (κ2) is 13.4. The number of halogens is 1. The third-order valence-electron chi connectivity index (χ3n) is 7.41. The first-order chi connectivity index (χ1) is 21.3. The SMILES string of the molecule is C=CC(=O)Nc1cc(Nc2ncc(-c3ccc(OC)nc3)c(Nc3ccccc3F)n2)c(OC)cc1N1CC[C@@H](N(C)C)C1. The number of carbonyl (C=O) groups excluding carboxylic acids is 1. The highest BCUT2D eigenvalue weighted by Gasteiger charge is 2.27. The number of hydrogen-bond donors (Lipinski definition) is 3. The van der Waals surface area contributed by atoms with Crippen LogP contribution in [0.1, 0.15) is 6.42 Å². The van der Waals surface area contributed by atoms with Gasteiger partial charge in [-0.05, 0) is 50.9 Å². The number of anilines is 6. The number of ether oxygens (including phenoxy) is 2. The average molecular weight is 599 g/mol. The topological polar surface area (TPSA) is 117 Å². The largest absolute Gasteiger partial charge is 0.494 e. The highest BCUT2D eigenvalue weighted by atomic mass is 19.1. The number of pyridine rings is 1. The Morgan fingerprint density at radius 3 is 2.52 bits per heavy atom. The molecular weight excluding hydrogens is 563 g/mol. The minimum Gasteiger partial charge on any atom is -0.494 e. The van der Waals surface area contributed by atoms with Crippen molar-refractivity contribution in [3.63, 3.8) is 0 Å². The lowest BCUT2D eigenvalue weighted by Gasteiger charge is -2.25. The molecule has 5 rings (SSSR count). The summed E-state index contributed by atoms with van der Waals surface area (Å²) in [6.07, 6.45) is 5.47. The first-order valence-corrected chi connectivity index (χ1v) is 14.0. The molecule has 0 spiro atoms. The molecule has 44 heavy (non-hydrogen) atoms. The molecule has 4 aromatic rings. The van der Waals surface area contributed by atoms with Gasteiger partial charge in [-0.2, -0.15) is 4.98 Å². The molecule has 3 N–H and O–H groups in total. The number of methoxy groups -OCH3 is 2. The van der Waals surface area contributed by atoms with Crippen molar-refractivity contribution in [1.29, 1.82) is 0 Å². The number of para-hydroxylation sites is 1. The van der Waals surface area contributed by atoms with Crippen molar-refractivity contribution < 1.29 is 18.7 Å². The normalized spacial score (nSPS) is 14.3. The minimum absolute atomic E-state index is 0.218.